The Morgan fingerprint density at radius 3 is 2.67 bits per heavy atom. The summed E-state index contributed by atoms with van der Waals surface area (Å²) in [6.45, 7) is 0.973. The molecule has 4 rings (SSSR count). The summed E-state index contributed by atoms with van der Waals surface area (Å²) in [7, 11) is 0. The summed E-state index contributed by atoms with van der Waals surface area (Å²) in [6.07, 6.45) is 12.4. The molecule has 4 atom stereocenters. The molecule has 1 saturated carbocycles. The highest BCUT2D eigenvalue weighted by atomic mass is 16.5. The van der Waals surface area contributed by atoms with Gasteiger partial charge < -0.3 is 9.84 Å². The van der Waals surface area contributed by atoms with Crippen LogP contribution < -0.4 is 0 Å². The van der Waals surface area contributed by atoms with E-state index in [4.69, 9.17) is 4.74 Å². The molecular weight excluding hydrogens is 266 g/mol. The number of ether oxygens (including phenoxy) is 1. The SMILES string of the molecule is O=C(O)C1CC2CCC1N2CC1CCC2(CCCCC2)O1. The molecule has 3 saturated heterocycles. The Bertz CT molecular complexity index is 418. The monoisotopic (exact) mass is 293 g/mol. The zero-order valence-corrected chi connectivity index (χ0v) is 12.8. The summed E-state index contributed by atoms with van der Waals surface area (Å²) in [4.78, 5) is 13.8. The van der Waals surface area contributed by atoms with Gasteiger partial charge >= 0.3 is 5.97 Å². The molecule has 4 heteroatoms. The van der Waals surface area contributed by atoms with Crippen molar-refractivity contribution in [1.82, 2.24) is 4.90 Å². The lowest BCUT2D eigenvalue weighted by molar-refractivity contribution is -0.142. The first-order valence-corrected chi connectivity index (χ1v) is 8.83. The maximum absolute atomic E-state index is 11.4. The van der Waals surface area contributed by atoms with Gasteiger partial charge in [0.1, 0.15) is 0 Å². The molecule has 4 aliphatic rings. The highest BCUT2D eigenvalue weighted by Crippen LogP contribution is 2.45. The molecule has 21 heavy (non-hydrogen) atoms. The molecule has 4 unspecified atom stereocenters. The van der Waals surface area contributed by atoms with E-state index in [2.05, 4.69) is 4.90 Å². The van der Waals surface area contributed by atoms with Gasteiger partial charge in [-0.15, -0.1) is 0 Å². The maximum Gasteiger partial charge on any atom is 0.308 e. The smallest absolute Gasteiger partial charge is 0.308 e. The second-order valence-electron chi connectivity index (χ2n) is 7.70. The Labute approximate surface area is 126 Å². The molecule has 0 aromatic rings. The third-order valence-corrected chi connectivity index (χ3v) is 6.52. The van der Waals surface area contributed by atoms with Gasteiger partial charge in [0.25, 0.3) is 0 Å². The number of rotatable bonds is 3. The number of hydrogen-bond donors (Lipinski definition) is 1. The van der Waals surface area contributed by atoms with E-state index in [9.17, 15) is 9.90 Å². The summed E-state index contributed by atoms with van der Waals surface area (Å²) < 4.78 is 6.48. The first-order chi connectivity index (χ1) is 10.2. The Morgan fingerprint density at radius 1 is 1.14 bits per heavy atom. The van der Waals surface area contributed by atoms with Crippen molar-refractivity contribution in [3.63, 3.8) is 0 Å². The first kappa shape index (κ1) is 14.0. The first-order valence-electron chi connectivity index (χ1n) is 8.83. The standard InChI is InChI=1S/C17H27NO3/c19-16(20)14-10-12-4-5-15(14)18(12)11-13-6-9-17(21-13)7-2-1-3-8-17/h12-15H,1-11H2,(H,19,20). The van der Waals surface area contributed by atoms with E-state index in [1.807, 2.05) is 0 Å². The molecule has 4 nitrogen and oxygen atoms in total. The predicted octanol–water partition coefficient (Wildman–Crippen LogP) is 2.81. The summed E-state index contributed by atoms with van der Waals surface area (Å²) in [5.41, 5.74) is 0.188. The lowest BCUT2D eigenvalue weighted by Crippen LogP contribution is -2.40. The van der Waals surface area contributed by atoms with Gasteiger partial charge in [0.15, 0.2) is 0 Å². The van der Waals surface area contributed by atoms with Gasteiger partial charge in [0.2, 0.25) is 0 Å². The van der Waals surface area contributed by atoms with E-state index >= 15 is 0 Å². The second-order valence-corrected chi connectivity index (χ2v) is 7.70. The molecule has 4 fully saturated rings. The molecule has 0 amide bonds. The molecule has 0 aromatic carbocycles. The van der Waals surface area contributed by atoms with Gasteiger partial charge in [0, 0.05) is 18.6 Å². The fourth-order valence-corrected chi connectivity index (χ4v) is 5.47. The number of hydrogen-bond acceptors (Lipinski definition) is 3. The van der Waals surface area contributed by atoms with Crippen molar-refractivity contribution in [2.45, 2.75) is 88.0 Å². The van der Waals surface area contributed by atoms with Crippen LogP contribution in [0.1, 0.15) is 64.2 Å². The maximum atomic E-state index is 11.4. The number of aliphatic carboxylic acids is 1. The fourth-order valence-electron chi connectivity index (χ4n) is 5.47. The minimum Gasteiger partial charge on any atom is -0.481 e. The van der Waals surface area contributed by atoms with Crippen LogP contribution in [0, 0.1) is 5.92 Å². The van der Waals surface area contributed by atoms with Crippen molar-refractivity contribution in [3.8, 4) is 0 Å². The van der Waals surface area contributed by atoms with E-state index < -0.39 is 5.97 Å². The van der Waals surface area contributed by atoms with Gasteiger partial charge in [0.05, 0.1) is 17.6 Å². The molecule has 3 heterocycles. The number of fused-ring (bicyclic) bond motifs is 2. The normalized spacial score (nSPS) is 41.9. The van der Waals surface area contributed by atoms with Gasteiger partial charge in [-0.25, -0.2) is 0 Å². The van der Waals surface area contributed by atoms with Crippen LogP contribution in [0.3, 0.4) is 0 Å². The van der Waals surface area contributed by atoms with Crippen molar-refractivity contribution in [3.05, 3.63) is 0 Å². The minimum absolute atomic E-state index is 0.131. The van der Waals surface area contributed by atoms with Gasteiger partial charge in [-0.2, -0.15) is 0 Å². The summed E-state index contributed by atoms with van der Waals surface area (Å²) in [6, 6.07) is 0.779. The van der Waals surface area contributed by atoms with E-state index in [-0.39, 0.29) is 17.6 Å². The Morgan fingerprint density at radius 2 is 1.95 bits per heavy atom. The van der Waals surface area contributed by atoms with E-state index in [0.29, 0.717) is 12.1 Å². The lowest BCUT2D eigenvalue weighted by atomic mass is 9.83. The van der Waals surface area contributed by atoms with E-state index in [1.54, 1.807) is 0 Å². The van der Waals surface area contributed by atoms with Crippen molar-refractivity contribution in [1.29, 1.82) is 0 Å². The summed E-state index contributed by atoms with van der Waals surface area (Å²) >= 11 is 0. The number of carbonyl (C=O) groups is 1. The molecule has 2 bridgehead atoms. The quantitative estimate of drug-likeness (QED) is 0.869. The van der Waals surface area contributed by atoms with Gasteiger partial charge in [-0.1, -0.05) is 19.3 Å². The molecule has 118 valence electrons. The Kier molecular flexibility index (Phi) is 3.49. The largest absolute Gasteiger partial charge is 0.481 e. The van der Waals surface area contributed by atoms with Crippen molar-refractivity contribution < 1.29 is 14.6 Å². The molecule has 1 aliphatic carbocycles. The van der Waals surface area contributed by atoms with Crippen LogP contribution in [0.25, 0.3) is 0 Å². The average molecular weight is 293 g/mol. The molecule has 1 spiro atoms. The molecule has 3 aliphatic heterocycles. The number of carboxylic acid groups (broad SMARTS) is 1. The predicted molar refractivity (Wildman–Crippen MR) is 79.2 cm³/mol. The Hall–Kier alpha value is -0.610. The summed E-state index contributed by atoms with van der Waals surface area (Å²) in [5, 5.41) is 9.35. The highest BCUT2D eigenvalue weighted by Gasteiger charge is 2.51. The van der Waals surface area contributed by atoms with Gasteiger partial charge in [-0.05, 0) is 44.9 Å². The van der Waals surface area contributed by atoms with Crippen LogP contribution in [0.15, 0.2) is 0 Å². The van der Waals surface area contributed by atoms with Crippen LogP contribution in [-0.2, 0) is 9.53 Å². The highest BCUT2D eigenvalue weighted by molar-refractivity contribution is 5.71. The van der Waals surface area contributed by atoms with Crippen LogP contribution in [0.4, 0.5) is 0 Å². The van der Waals surface area contributed by atoms with Crippen molar-refractivity contribution in [2.75, 3.05) is 6.54 Å². The minimum atomic E-state index is -0.594. The fraction of sp³-hybridized carbons (Fsp3) is 0.941. The van der Waals surface area contributed by atoms with Crippen LogP contribution in [0.2, 0.25) is 0 Å². The molecule has 0 radical (unpaired) electrons. The second kappa shape index (κ2) is 5.24. The molecule has 1 N–H and O–H groups in total. The number of nitrogens with zero attached hydrogens (tertiary/aromatic N) is 1. The topological polar surface area (TPSA) is 49.8 Å². The van der Waals surface area contributed by atoms with Crippen LogP contribution in [0.5, 0.6) is 0 Å². The van der Waals surface area contributed by atoms with Gasteiger partial charge in [-0.3, -0.25) is 9.69 Å². The lowest BCUT2D eigenvalue weighted by Gasteiger charge is -2.34. The van der Waals surface area contributed by atoms with Crippen molar-refractivity contribution in [2.24, 2.45) is 5.92 Å². The van der Waals surface area contributed by atoms with E-state index in [0.717, 1.165) is 19.4 Å². The summed E-state index contributed by atoms with van der Waals surface area (Å²) in [5.74, 6) is -0.725. The zero-order valence-electron chi connectivity index (χ0n) is 12.8. The van der Waals surface area contributed by atoms with Crippen LogP contribution >= 0.6 is 0 Å². The Balaban J connectivity index is 1.38. The third kappa shape index (κ3) is 2.40. The van der Waals surface area contributed by atoms with Crippen LogP contribution in [-0.4, -0.2) is 46.3 Å². The zero-order chi connectivity index (χ0) is 14.4. The average Bonchev–Trinajstić information content (AvgIpc) is 3.15. The third-order valence-electron chi connectivity index (χ3n) is 6.52. The molecule has 0 aromatic heterocycles. The van der Waals surface area contributed by atoms with E-state index in [1.165, 1.54) is 51.4 Å². The number of carboxylic acids is 1. The molecular formula is C17H27NO3. The van der Waals surface area contributed by atoms with Crippen molar-refractivity contribution >= 4 is 5.97 Å².